The molecule has 9 heteroatoms. The zero-order chi connectivity index (χ0) is 34.9. The summed E-state index contributed by atoms with van der Waals surface area (Å²) in [6.45, 7) is -0.832. The molecule has 0 atom stereocenters. The van der Waals surface area contributed by atoms with Crippen molar-refractivity contribution < 1.29 is 42.0 Å². The molecule has 272 valence electrons. The molecule has 4 aliphatic rings. The van der Waals surface area contributed by atoms with Gasteiger partial charge in [0.1, 0.15) is 5.78 Å². The number of carbonyl (C=O) groups excluding carboxylic acids is 1. The number of hydrogen-bond donors (Lipinski definition) is 0. The number of alkyl halides is 2. The second kappa shape index (κ2) is 16.9. The minimum atomic E-state index is -0.589. The van der Waals surface area contributed by atoms with Crippen molar-refractivity contribution in [3.63, 3.8) is 0 Å². The van der Waals surface area contributed by atoms with Gasteiger partial charge in [-0.1, -0.05) is 12.1 Å². The molecular formula is C40H56F2O7. The zero-order valence-corrected chi connectivity index (χ0v) is 30.0. The van der Waals surface area contributed by atoms with Gasteiger partial charge in [0.15, 0.2) is 28.8 Å². The highest BCUT2D eigenvalue weighted by Gasteiger charge is 2.45. The molecular weight excluding hydrogens is 630 g/mol. The lowest BCUT2D eigenvalue weighted by molar-refractivity contribution is -0.230. The number of ketones is 1. The maximum Gasteiger partial charge on any atom is 0.167 e. The van der Waals surface area contributed by atoms with Crippen LogP contribution in [0, 0.1) is 0 Å². The Balaban J connectivity index is 0.000000192. The van der Waals surface area contributed by atoms with Crippen molar-refractivity contribution in [2.75, 3.05) is 41.8 Å². The van der Waals surface area contributed by atoms with Crippen molar-refractivity contribution in [2.45, 2.75) is 132 Å². The topological polar surface area (TPSA) is 72.5 Å². The lowest BCUT2D eigenvalue weighted by Crippen LogP contribution is -2.44. The third-order valence-electron chi connectivity index (χ3n) is 11.7. The largest absolute Gasteiger partial charge is 0.493 e. The lowest BCUT2D eigenvalue weighted by atomic mass is 9.68. The molecule has 0 amide bonds. The van der Waals surface area contributed by atoms with E-state index in [0.29, 0.717) is 68.6 Å². The van der Waals surface area contributed by atoms with E-state index in [-0.39, 0.29) is 18.0 Å². The number of benzene rings is 2. The van der Waals surface area contributed by atoms with E-state index >= 15 is 0 Å². The third kappa shape index (κ3) is 8.53. The van der Waals surface area contributed by atoms with Crippen LogP contribution in [0.15, 0.2) is 36.4 Å². The molecule has 0 bridgehead atoms. The van der Waals surface area contributed by atoms with Crippen molar-refractivity contribution in [2.24, 2.45) is 0 Å². The Morgan fingerprint density at radius 3 is 1.37 bits per heavy atom. The van der Waals surface area contributed by atoms with Crippen molar-refractivity contribution in [1.82, 2.24) is 0 Å². The Morgan fingerprint density at radius 1 is 0.592 bits per heavy atom. The SMILES string of the molecule is COc1ccc(C2(CF)CCC(=O)CC2)cc1OC1CCCC1.COc1ccc(C2(CF)CCC(OC)(OC)CC2)cc1OC1CCCC1. The van der Waals surface area contributed by atoms with Gasteiger partial charge in [-0.15, -0.1) is 0 Å². The monoisotopic (exact) mass is 686 g/mol. The second-order valence-corrected chi connectivity index (χ2v) is 14.5. The summed E-state index contributed by atoms with van der Waals surface area (Å²) in [5.74, 6) is 2.51. The van der Waals surface area contributed by atoms with E-state index in [9.17, 15) is 13.6 Å². The van der Waals surface area contributed by atoms with Gasteiger partial charge in [-0.3, -0.25) is 13.6 Å². The summed E-state index contributed by atoms with van der Waals surface area (Å²) in [5, 5.41) is 0. The smallest absolute Gasteiger partial charge is 0.167 e. The van der Waals surface area contributed by atoms with Crippen LogP contribution in [0.4, 0.5) is 8.78 Å². The average Bonchev–Trinajstić information content (AvgIpc) is 3.87. The third-order valence-corrected chi connectivity index (χ3v) is 11.7. The fourth-order valence-corrected chi connectivity index (χ4v) is 8.18. The van der Waals surface area contributed by atoms with Gasteiger partial charge in [-0.05, 0) is 112 Å². The highest BCUT2D eigenvalue weighted by molar-refractivity contribution is 5.79. The molecule has 0 radical (unpaired) electrons. The van der Waals surface area contributed by atoms with Crippen LogP contribution in [0.3, 0.4) is 0 Å². The lowest BCUT2D eigenvalue weighted by Gasteiger charge is -2.44. The van der Waals surface area contributed by atoms with E-state index < -0.39 is 30.0 Å². The molecule has 4 aliphatic carbocycles. The van der Waals surface area contributed by atoms with Crippen molar-refractivity contribution in [3.8, 4) is 23.0 Å². The van der Waals surface area contributed by atoms with Crippen molar-refractivity contribution >= 4 is 5.78 Å². The number of Topliss-reactive ketones (excluding diaryl/α,β-unsaturated/α-hetero) is 1. The van der Waals surface area contributed by atoms with Gasteiger partial charge in [0, 0.05) is 50.7 Å². The quantitative estimate of drug-likeness (QED) is 0.206. The standard InChI is InChI=1S/C21H31FO4.C19H25FO3/c1-23-18-9-8-16(14-19(18)26-17-6-4-5-7-17)20(15-22)10-12-21(24-2,25-3)13-11-20;1-22-17-7-6-14(12-18(17)23-16-4-2-3-5-16)19(13-20)10-8-15(21)9-11-19/h8-9,14,17H,4-7,10-13,15H2,1-3H3;6-7,12,16H,2-5,8-11,13H2,1H3. The number of carbonyl (C=O) groups is 1. The fourth-order valence-electron chi connectivity index (χ4n) is 8.18. The summed E-state index contributed by atoms with van der Waals surface area (Å²) < 4.78 is 62.5. The molecule has 4 fully saturated rings. The minimum absolute atomic E-state index is 0.230. The molecule has 2 aromatic rings. The molecule has 0 aliphatic heterocycles. The molecule has 6 rings (SSSR count). The summed E-state index contributed by atoms with van der Waals surface area (Å²) in [4.78, 5) is 11.5. The van der Waals surface area contributed by atoms with Gasteiger partial charge in [0.05, 0.1) is 39.8 Å². The predicted octanol–water partition coefficient (Wildman–Crippen LogP) is 9.15. The van der Waals surface area contributed by atoms with Crippen LogP contribution in [0.25, 0.3) is 0 Å². The van der Waals surface area contributed by atoms with Crippen molar-refractivity contribution in [3.05, 3.63) is 47.5 Å². The van der Waals surface area contributed by atoms with Gasteiger partial charge in [0.2, 0.25) is 0 Å². The molecule has 4 saturated carbocycles. The van der Waals surface area contributed by atoms with Gasteiger partial charge < -0.3 is 28.4 Å². The highest BCUT2D eigenvalue weighted by atomic mass is 19.1. The maximum absolute atomic E-state index is 14.2. The van der Waals surface area contributed by atoms with E-state index in [0.717, 1.165) is 42.6 Å². The normalized spacial score (nSPS) is 21.9. The minimum Gasteiger partial charge on any atom is -0.493 e. The summed E-state index contributed by atoms with van der Waals surface area (Å²) in [5.41, 5.74) is 0.852. The Kier molecular flexibility index (Phi) is 12.9. The van der Waals surface area contributed by atoms with Crippen LogP contribution in [-0.2, 0) is 25.1 Å². The molecule has 0 aromatic heterocycles. The van der Waals surface area contributed by atoms with Gasteiger partial charge in [-0.2, -0.15) is 0 Å². The molecule has 2 aromatic carbocycles. The first-order valence-electron chi connectivity index (χ1n) is 18.2. The van der Waals surface area contributed by atoms with Crippen LogP contribution in [-0.4, -0.2) is 65.6 Å². The maximum atomic E-state index is 14.2. The Morgan fingerprint density at radius 2 is 1.00 bits per heavy atom. The van der Waals surface area contributed by atoms with E-state index in [1.807, 2.05) is 36.4 Å². The highest BCUT2D eigenvalue weighted by Crippen LogP contribution is 2.47. The molecule has 0 heterocycles. The number of hydrogen-bond acceptors (Lipinski definition) is 7. The fraction of sp³-hybridized carbons (Fsp3) is 0.675. The molecule has 0 N–H and O–H groups in total. The first-order valence-corrected chi connectivity index (χ1v) is 18.2. The number of rotatable bonds is 12. The summed E-state index contributed by atoms with van der Waals surface area (Å²) in [6, 6.07) is 11.6. The molecule has 49 heavy (non-hydrogen) atoms. The Labute approximate surface area is 291 Å². The summed E-state index contributed by atoms with van der Waals surface area (Å²) in [7, 11) is 6.59. The van der Waals surface area contributed by atoms with E-state index in [1.54, 1.807) is 28.4 Å². The summed E-state index contributed by atoms with van der Waals surface area (Å²) in [6.07, 6.45) is 14.4. The van der Waals surface area contributed by atoms with Gasteiger partial charge in [-0.25, -0.2) is 0 Å². The second-order valence-electron chi connectivity index (χ2n) is 14.5. The van der Waals surface area contributed by atoms with Crippen LogP contribution in [0.2, 0.25) is 0 Å². The Bertz CT molecular complexity index is 1340. The zero-order valence-electron chi connectivity index (χ0n) is 30.0. The number of ether oxygens (including phenoxy) is 6. The van der Waals surface area contributed by atoms with Crippen molar-refractivity contribution in [1.29, 1.82) is 0 Å². The molecule has 0 spiro atoms. The summed E-state index contributed by atoms with van der Waals surface area (Å²) >= 11 is 0. The molecule has 0 saturated heterocycles. The Hall–Kier alpha value is -2.91. The van der Waals surface area contributed by atoms with E-state index in [2.05, 4.69) is 0 Å². The van der Waals surface area contributed by atoms with Crippen LogP contribution in [0.5, 0.6) is 23.0 Å². The van der Waals surface area contributed by atoms with Crippen LogP contribution < -0.4 is 18.9 Å². The van der Waals surface area contributed by atoms with Gasteiger partial charge in [0.25, 0.3) is 0 Å². The predicted molar refractivity (Wildman–Crippen MR) is 186 cm³/mol. The number of halogens is 2. The number of methoxy groups -OCH3 is 4. The average molecular weight is 687 g/mol. The van der Waals surface area contributed by atoms with Crippen LogP contribution in [0.1, 0.15) is 114 Å². The van der Waals surface area contributed by atoms with E-state index in [4.69, 9.17) is 28.4 Å². The molecule has 0 unspecified atom stereocenters. The van der Waals surface area contributed by atoms with Gasteiger partial charge >= 0.3 is 0 Å². The first kappa shape index (κ1) is 37.3. The molecule has 7 nitrogen and oxygen atoms in total. The first-order chi connectivity index (χ1) is 23.8. The van der Waals surface area contributed by atoms with E-state index in [1.165, 1.54) is 25.7 Å². The van der Waals surface area contributed by atoms with Crippen LogP contribution >= 0.6 is 0 Å².